The van der Waals surface area contributed by atoms with Gasteiger partial charge in [-0.3, -0.25) is 0 Å². The molecule has 102 valence electrons. The number of hydrogen-bond donors (Lipinski definition) is 0. The van der Waals surface area contributed by atoms with Gasteiger partial charge < -0.3 is 9.47 Å². The van der Waals surface area contributed by atoms with Crippen LogP contribution in [0.4, 0.5) is 0 Å². The molecule has 6 heteroatoms. The molecular weight excluding hydrogens is 276 g/mol. The first-order chi connectivity index (χ1) is 8.40. The summed E-state index contributed by atoms with van der Waals surface area (Å²) in [5.41, 5.74) is 0.982. The summed E-state index contributed by atoms with van der Waals surface area (Å²) < 4.78 is 32.2. The van der Waals surface area contributed by atoms with Gasteiger partial charge in [0, 0.05) is 10.7 Å². The van der Waals surface area contributed by atoms with Crippen LogP contribution in [0.5, 0.6) is 5.75 Å². The second-order valence-corrected chi connectivity index (χ2v) is 7.00. The molecule has 1 aromatic carbocycles. The van der Waals surface area contributed by atoms with Crippen molar-refractivity contribution in [3.63, 3.8) is 0 Å². The van der Waals surface area contributed by atoms with Crippen molar-refractivity contribution >= 4 is 19.7 Å². The molecule has 0 saturated heterocycles. The molecule has 0 N–H and O–H groups in total. The van der Waals surface area contributed by atoms with E-state index in [1.54, 1.807) is 14.0 Å². The maximum atomic E-state index is 10.9. The van der Waals surface area contributed by atoms with Crippen LogP contribution >= 0.6 is 10.7 Å². The molecule has 0 spiro atoms. The second kappa shape index (κ2) is 6.97. The van der Waals surface area contributed by atoms with Gasteiger partial charge in [0.15, 0.2) is 0 Å². The Kier molecular flexibility index (Phi) is 5.91. The molecule has 0 aliphatic carbocycles. The molecule has 0 aliphatic rings. The lowest BCUT2D eigenvalue weighted by Crippen LogP contribution is -2.14. The summed E-state index contributed by atoms with van der Waals surface area (Å²) in [4.78, 5) is 0. The maximum Gasteiger partial charge on any atom is 0.232 e. The number of halogens is 1. The van der Waals surface area contributed by atoms with Crippen molar-refractivity contribution in [2.75, 3.05) is 19.5 Å². The maximum absolute atomic E-state index is 10.9. The van der Waals surface area contributed by atoms with E-state index in [1.165, 1.54) is 0 Å². The van der Waals surface area contributed by atoms with Gasteiger partial charge in [0.25, 0.3) is 0 Å². The lowest BCUT2D eigenvalue weighted by Gasteiger charge is -2.10. The van der Waals surface area contributed by atoms with Gasteiger partial charge >= 0.3 is 0 Å². The summed E-state index contributed by atoms with van der Waals surface area (Å²) in [6, 6.07) is 7.53. The predicted molar refractivity (Wildman–Crippen MR) is 71.5 cm³/mol. The molecule has 4 nitrogen and oxygen atoms in total. The summed E-state index contributed by atoms with van der Waals surface area (Å²) in [6.45, 7) is 2.55. The lowest BCUT2D eigenvalue weighted by atomic mass is 10.2. The fraction of sp³-hybridized carbons (Fsp3) is 0.500. The van der Waals surface area contributed by atoms with E-state index >= 15 is 0 Å². The SMILES string of the molecule is COc1cccc(COCC(C)CS(=O)(=O)Cl)c1. The average molecular weight is 293 g/mol. The van der Waals surface area contributed by atoms with Gasteiger partial charge in [-0.2, -0.15) is 0 Å². The molecule has 1 aromatic rings. The van der Waals surface area contributed by atoms with Crippen LogP contribution in [0.1, 0.15) is 12.5 Å². The summed E-state index contributed by atoms with van der Waals surface area (Å²) in [7, 11) is 3.31. The highest BCUT2D eigenvalue weighted by atomic mass is 35.7. The van der Waals surface area contributed by atoms with Crippen molar-refractivity contribution in [2.24, 2.45) is 5.92 Å². The molecule has 1 rings (SSSR count). The van der Waals surface area contributed by atoms with Gasteiger partial charge in [0.2, 0.25) is 9.05 Å². The van der Waals surface area contributed by atoms with Crippen LogP contribution in [0.3, 0.4) is 0 Å². The van der Waals surface area contributed by atoms with E-state index in [0.717, 1.165) is 11.3 Å². The highest BCUT2D eigenvalue weighted by Crippen LogP contribution is 2.14. The number of hydrogen-bond acceptors (Lipinski definition) is 4. The van der Waals surface area contributed by atoms with Crippen molar-refractivity contribution in [3.8, 4) is 5.75 Å². The van der Waals surface area contributed by atoms with E-state index in [2.05, 4.69) is 0 Å². The Morgan fingerprint density at radius 2 is 2.11 bits per heavy atom. The zero-order chi connectivity index (χ0) is 13.6. The van der Waals surface area contributed by atoms with E-state index in [4.69, 9.17) is 20.2 Å². The van der Waals surface area contributed by atoms with E-state index < -0.39 is 9.05 Å². The third kappa shape index (κ3) is 6.23. The molecule has 18 heavy (non-hydrogen) atoms. The van der Waals surface area contributed by atoms with Gasteiger partial charge in [-0.15, -0.1) is 0 Å². The predicted octanol–water partition coefficient (Wildman–Crippen LogP) is 2.42. The van der Waals surface area contributed by atoms with E-state index in [0.29, 0.717) is 13.2 Å². The van der Waals surface area contributed by atoms with Gasteiger partial charge in [0.05, 0.1) is 26.1 Å². The van der Waals surface area contributed by atoms with Crippen LogP contribution in [0.25, 0.3) is 0 Å². The van der Waals surface area contributed by atoms with Crippen molar-refractivity contribution < 1.29 is 17.9 Å². The number of ether oxygens (including phenoxy) is 2. The van der Waals surface area contributed by atoms with Crippen LogP contribution in [0, 0.1) is 5.92 Å². The summed E-state index contributed by atoms with van der Waals surface area (Å²) in [5.74, 6) is 0.567. The van der Waals surface area contributed by atoms with Crippen LogP contribution in [-0.4, -0.2) is 27.9 Å². The van der Waals surface area contributed by atoms with Crippen LogP contribution in [-0.2, 0) is 20.4 Å². The fourth-order valence-electron chi connectivity index (χ4n) is 1.53. The van der Waals surface area contributed by atoms with E-state index in [1.807, 2.05) is 24.3 Å². The first-order valence-corrected chi connectivity index (χ1v) is 8.01. The molecule has 0 amide bonds. The monoisotopic (exact) mass is 292 g/mol. The van der Waals surface area contributed by atoms with Crippen LogP contribution in [0.15, 0.2) is 24.3 Å². The Morgan fingerprint density at radius 3 is 2.72 bits per heavy atom. The van der Waals surface area contributed by atoms with Gasteiger partial charge in [-0.05, 0) is 23.6 Å². The lowest BCUT2D eigenvalue weighted by molar-refractivity contribution is 0.0977. The Labute approximate surface area is 112 Å². The number of benzene rings is 1. The van der Waals surface area contributed by atoms with Crippen LogP contribution in [0.2, 0.25) is 0 Å². The van der Waals surface area contributed by atoms with Gasteiger partial charge in [0.1, 0.15) is 5.75 Å². The minimum atomic E-state index is -3.46. The molecule has 0 heterocycles. The zero-order valence-corrected chi connectivity index (χ0v) is 12.0. The largest absolute Gasteiger partial charge is 0.497 e. The van der Waals surface area contributed by atoms with Gasteiger partial charge in [-0.25, -0.2) is 8.42 Å². The second-order valence-electron chi connectivity index (χ2n) is 4.18. The van der Waals surface area contributed by atoms with E-state index in [9.17, 15) is 8.42 Å². The minimum absolute atomic E-state index is 0.0767. The van der Waals surface area contributed by atoms with Crippen LogP contribution < -0.4 is 4.74 Å². The van der Waals surface area contributed by atoms with Crippen molar-refractivity contribution in [1.82, 2.24) is 0 Å². The summed E-state index contributed by atoms with van der Waals surface area (Å²) in [5, 5.41) is 0. The fourth-order valence-corrected chi connectivity index (χ4v) is 2.95. The average Bonchev–Trinajstić information content (AvgIpc) is 2.27. The van der Waals surface area contributed by atoms with Crippen molar-refractivity contribution in [3.05, 3.63) is 29.8 Å². The molecule has 1 atom stereocenters. The van der Waals surface area contributed by atoms with Crippen molar-refractivity contribution in [1.29, 1.82) is 0 Å². The molecule has 0 bridgehead atoms. The topological polar surface area (TPSA) is 52.6 Å². The molecule has 1 unspecified atom stereocenters. The first-order valence-electron chi connectivity index (χ1n) is 5.53. The summed E-state index contributed by atoms with van der Waals surface area (Å²) in [6.07, 6.45) is 0. The third-order valence-corrected chi connectivity index (χ3v) is 3.63. The first kappa shape index (κ1) is 15.3. The van der Waals surface area contributed by atoms with E-state index in [-0.39, 0.29) is 11.7 Å². The highest BCUT2D eigenvalue weighted by Gasteiger charge is 2.12. The molecule has 0 aromatic heterocycles. The Bertz CT molecular complexity index is 473. The Morgan fingerprint density at radius 1 is 1.39 bits per heavy atom. The molecular formula is C12H17ClO4S. The van der Waals surface area contributed by atoms with Gasteiger partial charge in [-0.1, -0.05) is 19.1 Å². The summed E-state index contributed by atoms with van der Waals surface area (Å²) >= 11 is 0. The molecule has 0 fully saturated rings. The number of methoxy groups -OCH3 is 1. The Balaban J connectivity index is 2.37. The smallest absolute Gasteiger partial charge is 0.232 e. The van der Waals surface area contributed by atoms with Crippen molar-refractivity contribution in [2.45, 2.75) is 13.5 Å². The molecule has 0 radical (unpaired) electrons. The third-order valence-electron chi connectivity index (χ3n) is 2.29. The zero-order valence-electron chi connectivity index (χ0n) is 10.4. The molecule has 0 saturated carbocycles. The standard InChI is InChI=1S/C12H17ClO4S/c1-10(9-18(13,14)15)7-17-8-11-4-3-5-12(6-11)16-2/h3-6,10H,7-9H2,1-2H3. The minimum Gasteiger partial charge on any atom is -0.497 e. The normalized spacial score (nSPS) is 13.3. The quantitative estimate of drug-likeness (QED) is 0.724. The molecule has 0 aliphatic heterocycles. The highest BCUT2D eigenvalue weighted by molar-refractivity contribution is 8.13. The number of rotatable bonds is 7. The Hall–Kier alpha value is -0.780.